The van der Waals surface area contributed by atoms with Gasteiger partial charge in [0.2, 0.25) is 0 Å². The van der Waals surface area contributed by atoms with Gasteiger partial charge in [-0.05, 0) is 49.8 Å². The van der Waals surface area contributed by atoms with Crippen LogP contribution < -0.4 is 0 Å². The van der Waals surface area contributed by atoms with Gasteiger partial charge in [-0.3, -0.25) is 0 Å². The largest absolute Gasteiger partial charge is 0.460 e. The van der Waals surface area contributed by atoms with E-state index in [1.54, 1.807) is 0 Å². The van der Waals surface area contributed by atoms with Crippen molar-refractivity contribution in [1.29, 1.82) is 5.26 Å². The lowest BCUT2D eigenvalue weighted by Gasteiger charge is -2.25. The van der Waals surface area contributed by atoms with Crippen LogP contribution in [0.1, 0.15) is 52.9 Å². The first-order chi connectivity index (χ1) is 9.71. The molecule has 0 N–H and O–H groups in total. The fourth-order valence-electron chi connectivity index (χ4n) is 2.95. The van der Waals surface area contributed by atoms with E-state index in [4.69, 9.17) is 4.74 Å². The number of nitrogens with zero attached hydrogens (tertiary/aromatic N) is 1. The van der Waals surface area contributed by atoms with Crippen LogP contribution >= 0.6 is 0 Å². The smallest absolute Gasteiger partial charge is 0.126 e. The van der Waals surface area contributed by atoms with E-state index < -0.39 is 0 Å². The molecular formula is C18H23NO. The van der Waals surface area contributed by atoms with E-state index in [9.17, 15) is 5.26 Å². The van der Waals surface area contributed by atoms with Crippen molar-refractivity contribution in [3.05, 3.63) is 46.5 Å². The fourth-order valence-corrected chi connectivity index (χ4v) is 2.95. The van der Waals surface area contributed by atoms with E-state index in [2.05, 4.69) is 39.0 Å². The van der Waals surface area contributed by atoms with Gasteiger partial charge >= 0.3 is 0 Å². The van der Waals surface area contributed by atoms with Crippen molar-refractivity contribution in [2.24, 2.45) is 5.92 Å². The SMILES string of the molecule is CCC1=C(CC)C(OC2=C(C#N)C=CCC2C)=CCC1. The number of allylic oxidation sites excluding steroid dienone is 7. The summed E-state index contributed by atoms with van der Waals surface area (Å²) in [5.74, 6) is 2.10. The third-order valence-electron chi connectivity index (χ3n) is 4.11. The summed E-state index contributed by atoms with van der Waals surface area (Å²) < 4.78 is 6.19. The van der Waals surface area contributed by atoms with Crippen LogP contribution in [0.5, 0.6) is 0 Å². The second kappa shape index (κ2) is 6.61. The first-order valence-electron chi connectivity index (χ1n) is 7.61. The number of ether oxygens (including phenoxy) is 1. The third kappa shape index (κ3) is 2.88. The molecule has 2 aliphatic carbocycles. The molecule has 0 radical (unpaired) electrons. The Morgan fingerprint density at radius 3 is 2.80 bits per heavy atom. The molecule has 20 heavy (non-hydrogen) atoms. The van der Waals surface area contributed by atoms with Crippen molar-refractivity contribution < 1.29 is 4.74 Å². The van der Waals surface area contributed by atoms with Gasteiger partial charge in [-0.1, -0.05) is 32.4 Å². The molecule has 2 rings (SSSR count). The molecule has 0 spiro atoms. The first kappa shape index (κ1) is 14.7. The van der Waals surface area contributed by atoms with Gasteiger partial charge in [0.1, 0.15) is 17.6 Å². The Morgan fingerprint density at radius 2 is 2.15 bits per heavy atom. The van der Waals surface area contributed by atoms with Gasteiger partial charge in [0, 0.05) is 5.92 Å². The van der Waals surface area contributed by atoms with Crippen LogP contribution in [-0.4, -0.2) is 0 Å². The predicted molar refractivity (Wildman–Crippen MR) is 81.6 cm³/mol. The van der Waals surface area contributed by atoms with Crippen molar-refractivity contribution in [3.63, 3.8) is 0 Å². The summed E-state index contributed by atoms with van der Waals surface area (Å²) in [5.41, 5.74) is 3.51. The van der Waals surface area contributed by atoms with Crippen molar-refractivity contribution in [2.75, 3.05) is 0 Å². The summed E-state index contributed by atoms with van der Waals surface area (Å²) in [6.45, 7) is 6.51. The highest BCUT2D eigenvalue weighted by Gasteiger charge is 2.22. The average molecular weight is 269 g/mol. The molecule has 2 aliphatic rings. The van der Waals surface area contributed by atoms with Crippen LogP contribution in [0.15, 0.2) is 46.5 Å². The highest BCUT2D eigenvalue weighted by molar-refractivity contribution is 5.42. The monoisotopic (exact) mass is 269 g/mol. The zero-order valence-corrected chi connectivity index (χ0v) is 12.7. The molecule has 0 saturated carbocycles. The average Bonchev–Trinajstić information content (AvgIpc) is 2.48. The van der Waals surface area contributed by atoms with Gasteiger partial charge in [0.25, 0.3) is 0 Å². The van der Waals surface area contributed by atoms with Crippen LogP contribution in [-0.2, 0) is 4.74 Å². The molecule has 106 valence electrons. The molecule has 0 amide bonds. The van der Waals surface area contributed by atoms with Crippen molar-refractivity contribution in [2.45, 2.75) is 52.9 Å². The summed E-state index contributed by atoms with van der Waals surface area (Å²) in [6.07, 6.45) is 11.3. The molecule has 2 heteroatoms. The minimum absolute atomic E-state index is 0.278. The maximum atomic E-state index is 9.26. The lowest BCUT2D eigenvalue weighted by molar-refractivity contribution is 0.258. The lowest BCUT2D eigenvalue weighted by atomic mass is 9.91. The van der Waals surface area contributed by atoms with Crippen LogP contribution in [0.2, 0.25) is 0 Å². The Kier molecular flexibility index (Phi) is 4.84. The summed E-state index contributed by atoms with van der Waals surface area (Å²) in [4.78, 5) is 0. The Morgan fingerprint density at radius 1 is 1.35 bits per heavy atom. The van der Waals surface area contributed by atoms with E-state index in [1.807, 2.05) is 6.08 Å². The molecule has 2 nitrogen and oxygen atoms in total. The van der Waals surface area contributed by atoms with E-state index >= 15 is 0 Å². The highest BCUT2D eigenvalue weighted by atomic mass is 16.5. The second-order valence-electron chi connectivity index (χ2n) is 5.43. The second-order valence-corrected chi connectivity index (χ2v) is 5.43. The molecule has 0 aliphatic heterocycles. The molecule has 1 atom stereocenters. The Hall–Kier alpha value is -1.75. The Bertz CT molecular complexity index is 540. The minimum atomic E-state index is 0.278. The summed E-state index contributed by atoms with van der Waals surface area (Å²) in [7, 11) is 0. The van der Waals surface area contributed by atoms with E-state index in [0.717, 1.165) is 43.6 Å². The van der Waals surface area contributed by atoms with Gasteiger partial charge in [0.15, 0.2) is 0 Å². The maximum absolute atomic E-state index is 9.26. The van der Waals surface area contributed by atoms with Crippen LogP contribution in [0.4, 0.5) is 0 Å². The number of hydrogen-bond donors (Lipinski definition) is 0. The van der Waals surface area contributed by atoms with Crippen molar-refractivity contribution in [1.82, 2.24) is 0 Å². The molecule has 0 aromatic rings. The zero-order chi connectivity index (χ0) is 14.5. The lowest BCUT2D eigenvalue weighted by Crippen LogP contribution is -2.12. The summed E-state index contributed by atoms with van der Waals surface area (Å²) >= 11 is 0. The van der Waals surface area contributed by atoms with Crippen LogP contribution in [0.25, 0.3) is 0 Å². The Labute approximate surface area is 122 Å². The van der Waals surface area contributed by atoms with Crippen molar-refractivity contribution in [3.8, 4) is 6.07 Å². The third-order valence-corrected chi connectivity index (χ3v) is 4.11. The van der Waals surface area contributed by atoms with Crippen LogP contribution in [0.3, 0.4) is 0 Å². The van der Waals surface area contributed by atoms with E-state index in [-0.39, 0.29) is 5.92 Å². The summed E-state index contributed by atoms with van der Waals surface area (Å²) in [5, 5.41) is 9.26. The van der Waals surface area contributed by atoms with Gasteiger partial charge in [0.05, 0.1) is 5.57 Å². The molecule has 0 aromatic carbocycles. The molecule has 0 saturated heterocycles. The molecule has 0 bridgehead atoms. The van der Waals surface area contributed by atoms with Crippen molar-refractivity contribution >= 4 is 0 Å². The highest BCUT2D eigenvalue weighted by Crippen LogP contribution is 2.35. The quantitative estimate of drug-likeness (QED) is 0.705. The maximum Gasteiger partial charge on any atom is 0.126 e. The zero-order valence-electron chi connectivity index (χ0n) is 12.7. The molecule has 0 aromatic heterocycles. The molecule has 0 heterocycles. The molecule has 1 unspecified atom stereocenters. The standard InChI is InChI=1S/C18H23NO/c1-4-14-9-7-11-17(16(14)5-2)20-18-13(3)8-6-10-15(18)12-19/h6,10-11,13H,4-5,7-9H2,1-3H3. The first-order valence-corrected chi connectivity index (χ1v) is 7.61. The fraction of sp³-hybridized carbons (Fsp3) is 0.500. The normalized spacial score (nSPS) is 22.7. The van der Waals surface area contributed by atoms with Crippen LogP contribution in [0, 0.1) is 17.2 Å². The molecular weight excluding hydrogens is 246 g/mol. The van der Waals surface area contributed by atoms with E-state index in [1.165, 1.54) is 11.1 Å². The van der Waals surface area contributed by atoms with Gasteiger partial charge < -0.3 is 4.74 Å². The topological polar surface area (TPSA) is 33.0 Å². The van der Waals surface area contributed by atoms with E-state index in [0.29, 0.717) is 5.57 Å². The minimum Gasteiger partial charge on any atom is -0.460 e. The van der Waals surface area contributed by atoms with Gasteiger partial charge in [-0.25, -0.2) is 0 Å². The number of nitriles is 1. The Balaban J connectivity index is 2.31. The molecule has 0 fully saturated rings. The number of rotatable bonds is 4. The number of hydrogen-bond acceptors (Lipinski definition) is 2. The van der Waals surface area contributed by atoms with Gasteiger partial charge in [-0.15, -0.1) is 0 Å². The predicted octanol–water partition coefficient (Wildman–Crippen LogP) is 5.17. The summed E-state index contributed by atoms with van der Waals surface area (Å²) in [6, 6.07) is 2.26. The van der Waals surface area contributed by atoms with Gasteiger partial charge in [-0.2, -0.15) is 5.26 Å².